The minimum Gasteiger partial charge on any atom is -0.165 e. The van der Waals surface area contributed by atoms with Crippen LogP contribution in [0.4, 0.5) is 0 Å². The topological polar surface area (TPSA) is 0 Å². The number of hydrogen-bond donors (Lipinski definition) is 0. The Morgan fingerprint density at radius 2 is 1.60 bits per heavy atom. The smallest absolute Gasteiger partial charge is 0.00313 e. The Bertz CT molecular complexity index is 49.2. The molecule has 0 unspecified atom stereocenters. The van der Waals surface area contributed by atoms with Gasteiger partial charge in [0.1, 0.15) is 0 Å². The molecular weight excluding hydrogens is 208 g/mol. The molecule has 0 nitrogen and oxygen atoms in total. The van der Waals surface area contributed by atoms with Gasteiger partial charge in [-0.15, -0.1) is 0 Å². The van der Waals surface area contributed by atoms with Crippen molar-refractivity contribution in [2.75, 3.05) is 17.3 Å². The Morgan fingerprint density at radius 3 is 2.20 bits per heavy atom. The zero-order valence-electron chi connectivity index (χ0n) is 6.74. The normalized spacial score (nSPS) is 10.2. The van der Waals surface area contributed by atoms with Crippen LogP contribution in [-0.2, 0) is 0 Å². The predicted octanol–water partition coefficient (Wildman–Crippen LogP) is 3.69. The van der Waals surface area contributed by atoms with Gasteiger partial charge in [0.15, 0.2) is 0 Å². The standard InChI is InChI=1S/C8H17BrS/c1-10-8-6-4-2-3-5-7-9/h2-8H2,1H3. The van der Waals surface area contributed by atoms with Gasteiger partial charge >= 0.3 is 0 Å². The van der Waals surface area contributed by atoms with E-state index in [1.165, 1.54) is 43.2 Å². The Morgan fingerprint density at radius 1 is 1.00 bits per heavy atom. The van der Waals surface area contributed by atoms with Crippen molar-refractivity contribution >= 4 is 27.7 Å². The van der Waals surface area contributed by atoms with Crippen LogP contribution in [0.15, 0.2) is 0 Å². The highest BCUT2D eigenvalue weighted by Crippen LogP contribution is 2.06. The SMILES string of the molecule is CSCCCCCCCBr. The maximum atomic E-state index is 3.43. The minimum atomic E-state index is 1.18. The third kappa shape index (κ3) is 8.83. The van der Waals surface area contributed by atoms with Crippen molar-refractivity contribution in [1.82, 2.24) is 0 Å². The molecule has 0 N–H and O–H groups in total. The van der Waals surface area contributed by atoms with Crippen molar-refractivity contribution < 1.29 is 0 Å². The lowest BCUT2D eigenvalue weighted by atomic mass is 10.2. The van der Waals surface area contributed by atoms with Gasteiger partial charge in [-0.25, -0.2) is 0 Å². The van der Waals surface area contributed by atoms with Crippen LogP contribution in [0.5, 0.6) is 0 Å². The van der Waals surface area contributed by atoms with Crippen LogP contribution in [0, 0.1) is 0 Å². The minimum absolute atomic E-state index is 1.18. The summed E-state index contributed by atoms with van der Waals surface area (Å²) in [4.78, 5) is 0. The van der Waals surface area contributed by atoms with Crippen LogP contribution in [0.25, 0.3) is 0 Å². The Hall–Kier alpha value is 0.830. The van der Waals surface area contributed by atoms with E-state index in [4.69, 9.17) is 0 Å². The first kappa shape index (κ1) is 10.8. The average molecular weight is 225 g/mol. The van der Waals surface area contributed by atoms with Crippen LogP contribution in [0.1, 0.15) is 32.1 Å². The van der Waals surface area contributed by atoms with Gasteiger partial charge in [0.25, 0.3) is 0 Å². The fraction of sp³-hybridized carbons (Fsp3) is 1.00. The van der Waals surface area contributed by atoms with E-state index < -0.39 is 0 Å². The molecule has 0 radical (unpaired) electrons. The molecule has 0 saturated carbocycles. The predicted molar refractivity (Wildman–Crippen MR) is 55.3 cm³/mol. The maximum absolute atomic E-state index is 3.43. The fourth-order valence-electron chi connectivity index (χ4n) is 0.871. The first-order valence-corrected chi connectivity index (χ1v) is 6.48. The van der Waals surface area contributed by atoms with E-state index in [9.17, 15) is 0 Å². The number of rotatable bonds is 7. The van der Waals surface area contributed by atoms with E-state index >= 15 is 0 Å². The molecule has 0 aliphatic rings. The molecule has 0 spiro atoms. The van der Waals surface area contributed by atoms with Gasteiger partial charge in [-0.2, -0.15) is 11.8 Å². The van der Waals surface area contributed by atoms with Gasteiger partial charge in [0.2, 0.25) is 0 Å². The molecule has 0 rings (SSSR count). The third-order valence-corrected chi connectivity index (χ3v) is 2.74. The van der Waals surface area contributed by atoms with E-state index in [-0.39, 0.29) is 0 Å². The Kier molecular flexibility index (Phi) is 10.6. The highest BCUT2D eigenvalue weighted by molar-refractivity contribution is 9.09. The fourth-order valence-corrected chi connectivity index (χ4v) is 1.76. The van der Waals surface area contributed by atoms with Crippen LogP contribution in [-0.4, -0.2) is 17.3 Å². The van der Waals surface area contributed by atoms with Gasteiger partial charge in [-0.05, 0) is 24.9 Å². The van der Waals surface area contributed by atoms with Gasteiger partial charge in [-0.3, -0.25) is 0 Å². The van der Waals surface area contributed by atoms with Crippen LogP contribution in [0.2, 0.25) is 0 Å². The lowest BCUT2D eigenvalue weighted by Gasteiger charge is -1.97. The molecule has 0 amide bonds. The van der Waals surface area contributed by atoms with E-state index in [0.29, 0.717) is 0 Å². The zero-order valence-corrected chi connectivity index (χ0v) is 9.14. The lowest BCUT2D eigenvalue weighted by molar-refractivity contribution is 0.664. The van der Waals surface area contributed by atoms with Crippen LogP contribution >= 0.6 is 27.7 Å². The van der Waals surface area contributed by atoms with E-state index in [1.807, 2.05) is 11.8 Å². The summed E-state index contributed by atoms with van der Waals surface area (Å²) in [7, 11) is 0. The highest BCUT2D eigenvalue weighted by atomic mass is 79.9. The van der Waals surface area contributed by atoms with E-state index in [2.05, 4.69) is 22.2 Å². The molecule has 0 heterocycles. The van der Waals surface area contributed by atoms with Crippen molar-refractivity contribution in [2.45, 2.75) is 32.1 Å². The molecule has 0 atom stereocenters. The first-order valence-electron chi connectivity index (χ1n) is 3.96. The second-order valence-electron chi connectivity index (χ2n) is 2.45. The largest absolute Gasteiger partial charge is 0.165 e. The number of unbranched alkanes of at least 4 members (excludes halogenated alkanes) is 4. The van der Waals surface area contributed by atoms with Crippen molar-refractivity contribution in [2.24, 2.45) is 0 Å². The van der Waals surface area contributed by atoms with Crippen LogP contribution in [0.3, 0.4) is 0 Å². The first-order chi connectivity index (χ1) is 4.91. The monoisotopic (exact) mass is 224 g/mol. The second-order valence-corrected chi connectivity index (χ2v) is 4.23. The molecule has 0 aliphatic carbocycles. The average Bonchev–Trinajstić information content (AvgIpc) is 1.97. The molecule has 10 heavy (non-hydrogen) atoms. The lowest BCUT2D eigenvalue weighted by Crippen LogP contribution is -1.81. The number of hydrogen-bond acceptors (Lipinski definition) is 1. The Balaban J connectivity index is 2.65. The highest BCUT2D eigenvalue weighted by Gasteiger charge is 1.88. The van der Waals surface area contributed by atoms with Crippen molar-refractivity contribution in [3.8, 4) is 0 Å². The summed E-state index contributed by atoms with van der Waals surface area (Å²) in [6.07, 6.45) is 9.18. The van der Waals surface area contributed by atoms with Crippen molar-refractivity contribution in [3.63, 3.8) is 0 Å². The second kappa shape index (κ2) is 9.83. The third-order valence-electron chi connectivity index (χ3n) is 1.48. The summed E-state index contributed by atoms with van der Waals surface area (Å²) in [6.45, 7) is 0. The molecule has 62 valence electrons. The summed E-state index contributed by atoms with van der Waals surface area (Å²) in [5.74, 6) is 1.34. The molecule has 0 fully saturated rings. The molecule has 0 saturated heterocycles. The van der Waals surface area contributed by atoms with Crippen LogP contribution < -0.4 is 0 Å². The van der Waals surface area contributed by atoms with E-state index in [1.54, 1.807) is 0 Å². The molecule has 0 bridgehead atoms. The summed E-state index contributed by atoms with van der Waals surface area (Å²) in [5.41, 5.74) is 0. The summed E-state index contributed by atoms with van der Waals surface area (Å²) in [6, 6.07) is 0. The van der Waals surface area contributed by atoms with E-state index in [0.717, 1.165) is 0 Å². The molecule has 0 aliphatic heterocycles. The van der Waals surface area contributed by atoms with Gasteiger partial charge in [0.05, 0.1) is 0 Å². The number of halogens is 1. The Labute approximate surface area is 77.3 Å². The molecular formula is C8H17BrS. The molecule has 0 aromatic carbocycles. The molecule has 0 aromatic heterocycles. The van der Waals surface area contributed by atoms with Crippen molar-refractivity contribution in [3.05, 3.63) is 0 Å². The maximum Gasteiger partial charge on any atom is 0.00313 e. The number of thioether (sulfide) groups is 1. The summed E-state index contributed by atoms with van der Waals surface area (Å²) < 4.78 is 0. The summed E-state index contributed by atoms with van der Waals surface area (Å²) >= 11 is 5.38. The molecule has 2 heteroatoms. The van der Waals surface area contributed by atoms with Gasteiger partial charge in [-0.1, -0.05) is 35.2 Å². The summed E-state index contributed by atoms with van der Waals surface area (Å²) in [5, 5.41) is 1.18. The number of alkyl halides is 1. The quantitative estimate of drug-likeness (QED) is 0.470. The van der Waals surface area contributed by atoms with Gasteiger partial charge < -0.3 is 0 Å². The molecule has 0 aromatic rings. The van der Waals surface area contributed by atoms with Crippen molar-refractivity contribution in [1.29, 1.82) is 0 Å². The zero-order chi connectivity index (χ0) is 7.66. The van der Waals surface area contributed by atoms with Gasteiger partial charge in [0, 0.05) is 5.33 Å².